The molecular weight excluding hydrogens is 552 g/mol. The quantitative estimate of drug-likeness (QED) is 0.134. The van der Waals surface area contributed by atoms with Gasteiger partial charge in [0.05, 0.1) is 13.2 Å². The molecule has 10 unspecified atom stereocenters. The molecule has 0 aromatic heterocycles. The van der Waals surface area contributed by atoms with E-state index in [9.17, 15) is 50.8 Å². The Morgan fingerprint density at radius 1 is 0.707 bits per heavy atom. The molecule has 2 saturated heterocycles. The van der Waals surface area contributed by atoms with Gasteiger partial charge < -0.3 is 69.6 Å². The van der Waals surface area contributed by atoms with Gasteiger partial charge in [-0.2, -0.15) is 0 Å². The van der Waals surface area contributed by atoms with Gasteiger partial charge in [-0.05, 0) is 18.2 Å². The zero-order valence-electron chi connectivity index (χ0n) is 21.4. The van der Waals surface area contributed by atoms with Gasteiger partial charge in [-0.25, -0.2) is 4.79 Å². The van der Waals surface area contributed by atoms with E-state index in [0.29, 0.717) is 0 Å². The smallest absolute Gasteiger partial charge is 0.342 e. The average molecular weight is 585 g/mol. The first-order chi connectivity index (χ1) is 19.6. The molecule has 0 radical (unpaired) electrons. The summed E-state index contributed by atoms with van der Waals surface area (Å²) >= 11 is 0. The molecule has 2 aromatic carbocycles. The number of carbonyl (C=O) groups is 1. The van der Waals surface area contributed by atoms with Crippen molar-refractivity contribution in [1.82, 2.24) is 0 Å². The highest BCUT2D eigenvalue weighted by atomic mass is 16.7. The molecule has 2 aliphatic heterocycles. The van der Waals surface area contributed by atoms with Crippen LogP contribution in [0.3, 0.4) is 0 Å². The lowest BCUT2D eigenvalue weighted by molar-refractivity contribution is -0.277. The second-order valence-electron chi connectivity index (χ2n) is 9.47. The highest BCUT2D eigenvalue weighted by Gasteiger charge is 2.46. The first kappa shape index (κ1) is 30.9. The van der Waals surface area contributed by atoms with Crippen LogP contribution in [-0.2, 0) is 20.8 Å². The third kappa shape index (κ3) is 6.54. The van der Waals surface area contributed by atoms with Crippen LogP contribution in [-0.4, -0.2) is 127 Å². The fourth-order valence-electron chi connectivity index (χ4n) is 4.34. The fourth-order valence-corrected chi connectivity index (χ4v) is 4.34. The lowest BCUT2D eigenvalue weighted by atomic mass is 9.99. The van der Waals surface area contributed by atoms with Crippen LogP contribution >= 0.6 is 0 Å². The summed E-state index contributed by atoms with van der Waals surface area (Å²) in [5.74, 6) is -1.92. The number of hydrogen-bond acceptors (Lipinski definition) is 15. The number of benzene rings is 2. The number of esters is 1. The Labute approximate surface area is 232 Å². The minimum atomic E-state index is -1.80. The summed E-state index contributed by atoms with van der Waals surface area (Å²) < 4.78 is 27.2. The van der Waals surface area contributed by atoms with Gasteiger partial charge in [-0.1, -0.05) is 24.3 Å². The molecule has 0 amide bonds. The summed E-state index contributed by atoms with van der Waals surface area (Å²) in [5, 5.41) is 89.7. The molecule has 0 aliphatic carbocycles. The van der Waals surface area contributed by atoms with E-state index in [1.807, 2.05) is 0 Å². The van der Waals surface area contributed by atoms with Crippen LogP contribution in [0.4, 0.5) is 0 Å². The zero-order valence-corrected chi connectivity index (χ0v) is 21.4. The van der Waals surface area contributed by atoms with Gasteiger partial charge in [0.25, 0.3) is 0 Å². The predicted octanol–water partition coefficient (Wildman–Crippen LogP) is -2.89. The van der Waals surface area contributed by atoms with Crippen molar-refractivity contribution in [1.29, 1.82) is 0 Å². The minimum Gasteiger partial charge on any atom is -0.504 e. The first-order valence-corrected chi connectivity index (χ1v) is 12.6. The van der Waals surface area contributed by atoms with Crippen LogP contribution in [0, 0.1) is 0 Å². The Kier molecular flexibility index (Phi) is 9.98. The summed E-state index contributed by atoms with van der Waals surface area (Å²) in [6, 6.07) is 9.92. The van der Waals surface area contributed by atoms with E-state index in [0.717, 1.165) is 0 Å². The summed E-state index contributed by atoms with van der Waals surface area (Å²) in [6.07, 6.45) is -15.8. The molecule has 2 fully saturated rings. The molecular formula is C26H32O15. The van der Waals surface area contributed by atoms with Crippen LogP contribution < -0.4 is 9.47 Å². The number of carbonyl (C=O) groups excluding carboxylic acids is 1. The maximum Gasteiger partial charge on any atom is 0.342 e. The van der Waals surface area contributed by atoms with Crippen molar-refractivity contribution < 1.29 is 74.4 Å². The lowest BCUT2D eigenvalue weighted by Crippen LogP contribution is -2.60. The van der Waals surface area contributed by atoms with Crippen LogP contribution in [0.15, 0.2) is 42.5 Å². The SMILES string of the molecule is O=C(OCc1ccccc1OC1OC(CO)C(O)C(O)C1O)c1cccc(O)c1OC1OC(CO)C(O)C(O)C1O. The Morgan fingerprint density at radius 3 is 1.85 bits per heavy atom. The van der Waals surface area contributed by atoms with Gasteiger partial charge in [0, 0.05) is 5.56 Å². The van der Waals surface area contributed by atoms with Crippen LogP contribution in [0.5, 0.6) is 17.2 Å². The standard InChI is InChI=1S/C26H32O15/c27-8-15-17(30)19(32)21(34)25(39-15)38-14-7-2-1-4-11(14)10-37-24(36)12-5-3-6-13(29)23(12)41-26-22(35)20(33)18(31)16(9-28)40-26/h1-7,15-22,25-35H,8-10H2. The zero-order chi connectivity index (χ0) is 29.8. The van der Waals surface area contributed by atoms with Gasteiger partial charge in [-0.15, -0.1) is 0 Å². The third-order valence-corrected chi connectivity index (χ3v) is 6.72. The number of phenolic OH excluding ortho intramolecular Hbond substituents is 1. The monoisotopic (exact) mass is 584 g/mol. The molecule has 0 saturated carbocycles. The number of aromatic hydroxyl groups is 1. The van der Waals surface area contributed by atoms with E-state index >= 15 is 0 Å². The molecule has 41 heavy (non-hydrogen) atoms. The number of hydrogen-bond donors (Lipinski definition) is 9. The normalized spacial score (nSPS) is 33.7. The number of aliphatic hydroxyl groups is 8. The second kappa shape index (κ2) is 13.3. The van der Waals surface area contributed by atoms with Gasteiger partial charge >= 0.3 is 5.97 Å². The van der Waals surface area contributed by atoms with Gasteiger partial charge in [0.1, 0.15) is 66.8 Å². The largest absolute Gasteiger partial charge is 0.504 e. The van der Waals surface area contributed by atoms with Gasteiger partial charge in [-0.3, -0.25) is 0 Å². The molecule has 0 spiro atoms. The number of aliphatic hydroxyl groups excluding tert-OH is 8. The van der Waals surface area contributed by atoms with Crippen LogP contribution in [0.1, 0.15) is 15.9 Å². The van der Waals surface area contributed by atoms with Crippen molar-refractivity contribution >= 4 is 5.97 Å². The highest BCUT2D eigenvalue weighted by Crippen LogP contribution is 2.35. The molecule has 10 atom stereocenters. The first-order valence-electron chi connectivity index (χ1n) is 12.6. The van der Waals surface area contributed by atoms with Gasteiger partial charge in [0.15, 0.2) is 11.5 Å². The molecule has 15 heteroatoms. The number of rotatable bonds is 9. The highest BCUT2D eigenvalue weighted by molar-refractivity contribution is 5.93. The van der Waals surface area contributed by atoms with E-state index in [-0.39, 0.29) is 16.9 Å². The van der Waals surface area contributed by atoms with Crippen molar-refractivity contribution in [2.45, 2.75) is 68.0 Å². The molecule has 9 N–H and O–H groups in total. The van der Waals surface area contributed by atoms with Crippen LogP contribution in [0.25, 0.3) is 0 Å². The Hall–Kier alpha value is -3.09. The van der Waals surface area contributed by atoms with Crippen molar-refractivity contribution in [3.05, 3.63) is 53.6 Å². The molecule has 15 nitrogen and oxygen atoms in total. The molecule has 2 aliphatic rings. The topological polar surface area (TPSA) is 245 Å². The van der Waals surface area contributed by atoms with E-state index in [1.54, 1.807) is 12.1 Å². The lowest BCUT2D eigenvalue weighted by Gasteiger charge is -2.39. The second-order valence-corrected chi connectivity index (χ2v) is 9.47. The maximum atomic E-state index is 13.0. The van der Waals surface area contributed by atoms with Crippen LogP contribution in [0.2, 0.25) is 0 Å². The Balaban J connectivity index is 1.48. The van der Waals surface area contributed by atoms with Crippen molar-refractivity contribution in [3.63, 3.8) is 0 Å². The number of para-hydroxylation sites is 2. The van der Waals surface area contributed by atoms with Crippen molar-refractivity contribution in [3.8, 4) is 17.2 Å². The van der Waals surface area contributed by atoms with E-state index < -0.39 is 98.7 Å². The molecule has 226 valence electrons. The molecule has 0 bridgehead atoms. The maximum absolute atomic E-state index is 13.0. The van der Waals surface area contributed by atoms with Crippen molar-refractivity contribution in [2.75, 3.05) is 13.2 Å². The van der Waals surface area contributed by atoms with E-state index in [1.165, 1.54) is 30.3 Å². The molecule has 2 heterocycles. The summed E-state index contributed by atoms with van der Waals surface area (Å²) in [7, 11) is 0. The predicted molar refractivity (Wildman–Crippen MR) is 132 cm³/mol. The average Bonchev–Trinajstić information content (AvgIpc) is 2.97. The Bertz CT molecular complexity index is 1170. The third-order valence-electron chi connectivity index (χ3n) is 6.72. The Morgan fingerprint density at radius 2 is 1.27 bits per heavy atom. The van der Waals surface area contributed by atoms with E-state index in [2.05, 4.69) is 0 Å². The van der Waals surface area contributed by atoms with E-state index in [4.69, 9.17) is 23.7 Å². The van der Waals surface area contributed by atoms with Gasteiger partial charge in [0.2, 0.25) is 12.6 Å². The number of phenols is 1. The molecule has 2 aromatic rings. The summed E-state index contributed by atoms with van der Waals surface area (Å²) in [5.41, 5.74) is -0.0105. The van der Waals surface area contributed by atoms with Crippen molar-refractivity contribution in [2.24, 2.45) is 0 Å². The fraction of sp³-hybridized carbons (Fsp3) is 0.500. The number of ether oxygens (including phenoxy) is 5. The minimum absolute atomic E-state index is 0.0818. The summed E-state index contributed by atoms with van der Waals surface area (Å²) in [4.78, 5) is 13.0. The molecule has 4 rings (SSSR count). The summed E-state index contributed by atoms with van der Waals surface area (Å²) in [6.45, 7) is -1.77.